The van der Waals surface area contributed by atoms with Crippen LogP contribution in [0.4, 0.5) is 0 Å². The summed E-state index contributed by atoms with van der Waals surface area (Å²) < 4.78 is 10.5. The van der Waals surface area contributed by atoms with Gasteiger partial charge in [0.15, 0.2) is 11.5 Å². The van der Waals surface area contributed by atoms with E-state index < -0.39 is 0 Å². The molecule has 0 bridgehead atoms. The lowest BCUT2D eigenvalue weighted by atomic mass is 10.1. The number of hydrogen-bond acceptors (Lipinski definition) is 5. The van der Waals surface area contributed by atoms with E-state index in [4.69, 9.17) is 20.9 Å². The molecule has 1 aliphatic rings. The van der Waals surface area contributed by atoms with Gasteiger partial charge in [0, 0.05) is 48.4 Å². The first-order chi connectivity index (χ1) is 14.5. The number of nitrogens with zero attached hydrogens (tertiary/aromatic N) is 3. The molecule has 2 aromatic carbocycles. The van der Waals surface area contributed by atoms with Gasteiger partial charge < -0.3 is 19.1 Å². The van der Waals surface area contributed by atoms with Crippen LogP contribution in [-0.4, -0.2) is 60.1 Å². The van der Waals surface area contributed by atoms with Crippen molar-refractivity contribution in [1.82, 2.24) is 15.0 Å². The molecule has 0 N–H and O–H groups in total. The van der Waals surface area contributed by atoms with Crippen LogP contribution < -0.4 is 4.74 Å². The lowest BCUT2D eigenvalue weighted by molar-refractivity contribution is 0.0529. The van der Waals surface area contributed by atoms with Gasteiger partial charge in [0.2, 0.25) is 0 Å². The second-order valence-corrected chi connectivity index (χ2v) is 7.34. The predicted octanol–water partition coefficient (Wildman–Crippen LogP) is 3.60. The topological polar surface area (TPSA) is 75.9 Å². The average Bonchev–Trinajstić information content (AvgIpc) is 3.29. The van der Waals surface area contributed by atoms with E-state index >= 15 is 0 Å². The molecular weight excluding hydrogens is 406 g/mol. The summed E-state index contributed by atoms with van der Waals surface area (Å²) in [4.78, 5) is 28.9. The highest BCUT2D eigenvalue weighted by Gasteiger charge is 2.27. The molecule has 1 fully saturated rings. The molecule has 3 aromatic rings. The Morgan fingerprint density at radius 3 is 2.37 bits per heavy atom. The minimum Gasteiger partial charge on any atom is -0.497 e. The summed E-state index contributed by atoms with van der Waals surface area (Å²) in [6.07, 6.45) is 0. The molecule has 2 amide bonds. The van der Waals surface area contributed by atoms with Crippen molar-refractivity contribution in [1.29, 1.82) is 0 Å². The largest absolute Gasteiger partial charge is 0.497 e. The predicted molar refractivity (Wildman–Crippen MR) is 112 cm³/mol. The summed E-state index contributed by atoms with van der Waals surface area (Å²) in [6, 6.07) is 15.8. The third kappa shape index (κ3) is 4.16. The smallest absolute Gasteiger partial charge is 0.276 e. The molecular formula is C22H20ClN3O4. The zero-order chi connectivity index (χ0) is 21.1. The maximum Gasteiger partial charge on any atom is 0.276 e. The number of carbonyl (C=O) groups is 2. The molecule has 0 saturated carbocycles. The Balaban J connectivity index is 1.39. The minimum absolute atomic E-state index is 0.0781. The molecule has 1 aromatic heterocycles. The van der Waals surface area contributed by atoms with E-state index in [-0.39, 0.29) is 17.5 Å². The van der Waals surface area contributed by atoms with Crippen molar-refractivity contribution in [2.45, 2.75) is 0 Å². The normalized spacial score (nSPS) is 13.9. The quantitative estimate of drug-likeness (QED) is 0.638. The number of halogens is 1. The standard InChI is InChI=1S/C22H20ClN3O4/c1-29-18-7-3-5-16(13-18)21(27)25-8-10-26(11-9-25)22(28)19-14-20(30-24-19)15-4-2-6-17(23)12-15/h2-7,12-14H,8-11H2,1H3. The van der Waals surface area contributed by atoms with Crippen LogP contribution in [0.2, 0.25) is 5.02 Å². The first kappa shape index (κ1) is 20.0. The second-order valence-electron chi connectivity index (χ2n) is 6.90. The highest BCUT2D eigenvalue weighted by Crippen LogP contribution is 2.24. The maximum absolute atomic E-state index is 12.8. The summed E-state index contributed by atoms with van der Waals surface area (Å²) in [7, 11) is 1.57. The first-order valence-electron chi connectivity index (χ1n) is 9.50. The molecule has 30 heavy (non-hydrogen) atoms. The van der Waals surface area contributed by atoms with Gasteiger partial charge >= 0.3 is 0 Å². The average molecular weight is 426 g/mol. The van der Waals surface area contributed by atoms with Crippen LogP contribution in [-0.2, 0) is 0 Å². The number of methoxy groups -OCH3 is 1. The Kier molecular flexibility index (Phi) is 5.72. The van der Waals surface area contributed by atoms with Gasteiger partial charge in [0.1, 0.15) is 5.75 Å². The molecule has 2 heterocycles. The molecule has 1 aliphatic heterocycles. The van der Waals surface area contributed by atoms with Crippen LogP contribution in [0, 0.1) is 0 Å². The Labute approximate surface area is 178 Å². The van der Waals surface area contributed by atoms with Crippen molar-refractivity contribution in [3.05, 3.63) is 70.9 Å². The van der Waals surface area contributed by atoms with Gasteiger partial charge in [-0.05, 0) is 30.3 Å². The van der Waals surface area contributed by atoms with E-state index in [1.807, 2.05) is 6.07 Å². The summed E-state index contributed by atoms with van der Waals surface area (Å²) in [5.41, 5.74) is 1.55. The Hall–Kier alpha value is -3.32. The van der Waals surface area contributed by atoms with E-state index in [2.05, 4.69) is 5.16 Å². The van der Waals surface area contributed by atoms with Gasteiger partial charge in [-0.25, -0.2) is 0 Å². The van der Waals surface area contributed by atoms with E-state index in [9.17, 15) is 9.59 Å². The van der Waals surface area contributed by atoms with Crippen molar-refractivity contribution in [3.8, 4) is 17.1 Å². The number of ether oxygens (including phenoxy) is 1. The van der Waals surface area contributed by atoms with Crippen molar-refractivity contribution >= 4 is 23.4 Å². The molecule has 0 atom stereocenters. The number of carbonyl (C=O) groups excluding carboxylic acids is 2. The van der Waals surface area contributed by atoms with Crippen molar-refractivity contribution in [2.24, 2.45) is 0 Å². The SMILES string of the molecule is COc1cccc(C(=O)N2CCN(C(=O)c3cc(-c4cccc(Cl)c4)on3)CC2)c1. The number of aromatic nitrogens is 1. The van der Waals surface area contributed by atoms with Gasteiger partial charge in [0.25, 0.3) is 11.8 Å². The fourth-order valence-electron chi connectivity index (χ4n) is 3.37. The number of rotatable bonds is 4. The Morgan fingerprint density at radius 2 is 1.67 bits per heavy atom. The molecule has 4 rings (SSSR count). The summed E-state index contributed by atoms with van der Waals surface area (Å²) in [5.74, 6) is 0.815. The van der Waals surface area contributed by atoms with Crippen LogP contribution in [0.5, 0.6) is 5.75 Å². The van der Waals surface area contributed by atoms with Gasteiger partial charge in [-0.3, -0.25) is 9.59 Å². The highest BCUT2D eigenvalue weighted by atomic mass is 35.5. The van der Waals surface area contributed by atoms with Crippen LogP contribution in [0.1, 0.15) is 20.8 Å². The fourth-order valence-corrected chi connectivity index (χ4v) is 3.56. The Bertz CT molecular complexity index is 1070. The van der Waals surface area contributed by atoms with Gasteiger partial charge in [-0.1, -0.05) is 35.0 Å². The third-order valence-corrected chi connectivity index (χ3v) is 5.24. The van der Waals surface area contributed by atoms with Gasteiger partial charge in [-0.2, -0.15) is 0 Å². The van der Waals surface area contributed by atoms with Crippen LogP contribution >= 0.6 is 11.6 Å². The third-order valence-electron chi connectivity index (χ3n) is 5.01. The lowest BCUT2D eigenvalue weighted by Crippen LogP contribution is -2.50. The van der Waals surface area contributed by atoms with Crippen molar-refractivity contribution in [2.75, 3.05) is 33.3 Å². The van der Waals surface area contributed by atoms with Crippen LogP contribution in [0.3, 0.4) is 0 Å². The molecule has 0 aliphatic carbocycles. The summed E-state index contributed by atoms with van der Waals surface area (Å²) >= 11 is 6.01. The fraction of sp³-hybridized carbons (Fsp3) is 0.227. The monoisotopic (exact) mass is 425 g/mol. The zero-order valence-electron chi connectivity index (χ0n) is 16.4. The second kappa shape index (κ2) is 8.59. The van der Waals surface area contributed by atoms with E-state index in [1.165, 1.54) is 0 Å². The summed E-state index contributed by atoms with van der Waals surface area (Å²) in [6.45, 7) is 1.74. The van der Waals surface area contributed by atoms with Gasteiger partial charge in [0.05, 0.1) is 7.11 Å². The van der Waals surface area contributed by atoms with Crippen molar-refractivity contribution < 1.29 is 18.8 Å². The Morgan fingerprint density at radius 1 is 0.967 bits per heavy atom. The van der Waals surface area contributed by atoms with Gasteiger partial charge in [-0.15, -0.1) is 0 Å². The zero-order valence-corrected chi connectivity index (χ0v) is 17.1. The maximum atomic E-state index is 12.8. The minimum atomic E-state index is -0.222. The van der Waals surface area contributed by atoms with Crippen molar-refractivity contribution in [3.63, 3.8) is 0 Å². The van der Waals surface area contributed by atoms with Crippen LogP contribution in [0.25, 0.3) is 11.3 Å². The molecule has 1 saturated heterocycles. The lowest BCUT2D eigenvalue weighted by Gasteiger charge is -2.34. The molecule has 154 valence electrons. The van der Waals surface area contributed by atoms with E-state index in [0.717, 1.165) is 5.56 Å². The highest BCUT2D eigenvalue weighted by molar-refractivity contribution is 6.30. The molecule has 0 radical (unpaired) electrons. The number of piperazine rings is 1. The molecule has 8 heteroatoms. The van der Waals surface area contributed by atoms with Crippen LogP contribution in [0.15, 0.2) is 59.1 Å². The first-order valence-corrected chi connectivity index (χ1v) is 9.88. The number of benzene rings is 2. The summed E-state index contributed by atoms with van der Waals surface area (Å²) in [5, 5.41) is 4.49. The molecule has 0 spiro atoms. The van der Waals surface area contributed by atoms with E-state index in [0.29, 0.717) is 48.3 Å². The number of hydrogen-bond donors (Lipinski definition) is 0. The molecule has 0 unspecified atom stereocenters. The van der Waals surface area contributed by atoms with E-state index in [1.54, 1.807) is 65.4 Å². The molecule has 7 nitrogen and oxygen atoms in total. The number of amides is 2.